The highest BCUT2D eigenvalue weighted by Crippen LogP contribution is 2.11. The number of aliphatic hydroxyl groups is 1. The zero-order chi connectivity index (χ0) is 12.9. The fourth-order valence-corrected chi connectivity index (χ4v) is 1.85. The van der Waals surface area contributed by atoms with E-state index in [0.29, 0.717) is 13.0 Å². The summed E-state index contributed by atoms with van der Waals surface area (Å²) in [5.74, 6) is -0.289. The van der Waals surface area contributed by atoms with Crippen LogP contribution in [0.1, 0.15) is 71.6 Å². The van der Waals surface area contributed by atoms with E-state index < -0.39 is 6.10 Å². The van der Waals surface area contributed by atoms with Crippen molar-refractivity contribution in [2.75, 3.05) is 6.61 Å². The third kappa shape index (κ3) is 11.7. The fourth-order valence-electron chi connectivity index (χ4n) is 1.85. The summed E-state index contributed by atoms with van der Waals surface area (Å²) in [6.45, 7) is 4.38. The maximum Gasteiger partial charge on any atom is 0.308 e. The molecule has 0 aliphatic carbocycles. The lowest BCUT2D eigenvalue weighted by Crippen LogP contribution is -2.15. The molecule has 0 aromatic heterocycles. The number of carbonyl (C=O) groups is 1. The molecule has 0 saturated carbocycles. The Labute approximate surface area is 106 Å². The molecule has 17 heavy (non-hydrogen) atoms. The Bertz CT molecular complexity index is 180. The second kappa shape index (κ2) is 11.9. The van der Waals surface area contributed by atoms with Crippen molar-refractivity contribution in [3.8, 4) is 0 Å². The van der Waals surface area contributed by atoms with Crippen LogP contribution in [0.25, 0.3) is 0 Å². The van der Waals surface area contributed by atoms with Gasteiger partial charge in [-0.1, -0.05) is 51.9 Å². The first-order valence-corrected chi connectivity index (χ1v) is 7.04. The molecule has 0 radical (unpaired) electrons. The first kappa shape index (κ1) is 16.4. The Morgan fingerprint density at radius 1 is 1.06 bits per heavy atom. The summed E-state index contributed by atoms with van der Waals surface area (Å²) in [5.41, 5.74) is 0. The number of ether oxygens (including phenoxy) is 1. The highest BCUT2D eigenvalue weighted by molar-refractivity contribution is 5.69. The lowest BCUT2D eigenvalue weighted by atomic mass is 10.1. The molecule has 0 aromatic carbocycles. The van der Waals surface area contributed by atoms with Gasteiger partial charge in [-0.25, -0.2) is 0 Å². The van der Waals surface area contributed by atoms with Gasteiger partial charge in [0.15, 0.2) is 0 Å². The van der Waals surface area contributed by atoms with Gasteiger partial charge >= 0.3 is 5.97 Å². The quantitative estimate of drug-likeness (QED) is 0.447. The van der Waals surface area contributed by atoms with Gasteiger partial charge in [0, 0.05) is 0 Å². The van der Waals surface area contributed by atoms with Gasteiger partial charge in [0.1, 0.15) is 0 Å². The molecule has 0 saturated heterocycles. The highest BCUT2D eigenvalue weighted by atomic mass is 16.5. The molecule has 3 nitrogen and oxygen atoms in total. The van der Waals surface area contributed by atoms with Crippen LogP contribution in [0.4, 0.5) is 0 Å². The van der Waals surface area contributed by atoms with Gasteiger partial charge in [0.05, 0.1) is 19.1 Å². The van der Waals surface area contributed by atoms with E-state index in [2.05, 4.69) is 6.92 Å². The number of hydrogen-bond donors (Lipinski definition) is 1. The summed E-state index contributed by atoms with van der Waals surface area (Å²) in [7, 11) is 0. The summed E-state index contributed by atoms with van der Waals surface area (Å²) >= 11 is 0. The van der Waals surface area contributed by atoms with Gasteiger partial charge in [-0.05, 0) is 13.3 Å². The van der Waals surface area contributed by atoms with Gasteiger partial charge in [-0.15, -0.1) is 0 Å². The number of unbranched alkanes of at least 4 members (excludes halogenated alkanes) is 6. The molecule has 0 aromatic rings. The van der Waals surface area contributed by atoms with Crippen molar-refractivity contribution in [2.24, 2.45) is 0 Å². The molecular formula is C14H28O3. The summed E-state index contributed by atoms with van der Waals surface area (Å²) < 4.78 is 4.79. The van der Waals surface area contributed by atoms with Crippen molar-refractivity contribution in [3.05, 3.63) is 0 Å². The van der Waals surface area contributed by atoms with Crippen molar-refractivity contribution >= 4 is 5.97 Å². The highest BCUT2D eigenvalue weighted by Gasteiger charge is 2.10. The first-order valence-electron chi connectivity index (χ1n) is 7.04. The van der Waals surface area contributed by atoms with E-state index in [0.717, 1.165) is 12.8 Å². The van der Waals surface area contributed by atoms with Gasteiger partial charge in [-0.2, -0.15) is 0 Å². The molecule has 0 spiro atoms. The molecule has 0 amide bonds. The zero-order valence-electron chi connectivity index (χ0n) is 11.4. The van der Waals surface area contributed by atoms with E-state index in [4.69, 9.17) is 4.74 Å². The average molecular weight is 244 g/mol. The van der Waals surface area contributed by atoms with Crippen LogP contribution in [0.15, 0.2) is 0 Å². The predicted molar refractivity (Wildman–Crippen MR) is 69.9 cm³/mol. The summed E-state index contributed by atoms with van der Waals surface area (Å²) in [6.07, 6.45) is 8.95. The standard InChI is InChI=1S/C14H28O3/c1-3-5-6-7-8-9-10-11-13(15)12-14(16)17-4-2/h13,15H,3-12H2,1-2H3/t13-/m0/s1. The van der Waals surface area contributed by atoms with Crippen molar-refractivity contribution in [1.82, 2.24) is 0 Å². The molecule has 102 valence electrons. The van der Waals surface area contributed by atoms with E-state index in [-0.39, 0.29) is 12.4 Å². The van der Waals surface area contributed by atoms with E-state index in [1.54, 1.807) is 6.92 Å². The molecule has 3 heteroatoms. The maximum absolute atomic E-state index is 11.1. The Hall–Kier alpha value is -0.570. The van der Waals surface area contributed by atoms with Crippen LogP contribution < -0.4 is 0 Å². The van der Waals surface area contributed by atoms with E-state index >= 15 is 0 Å². The van der Waals surface area contributed by atoms with Crippen LogP contribution in [0.2, 0.25) is 0 Å². The molecule has 0 aliphatic heterocycles. The second-order valence-corrected chi connectivity index (χ2v) is 4.57. The third-order valence-corrected chi connectivity index (χ3v) is 2.85. The van der Waals surface area contributed by atoms with Gasteiger partial charge < -0.3 is 9.84 Å². The SMILES string of the molecule is CCCCCCCCC[C@H](O)CC(=O)OCC. The smallest absolute Gasteiger partial charge is 0.308 e. The Balaban J connectivity index is 3.27. The summed E-state index contributed by atoms with van der Waals surface area (Å²) in [4.78, 5) is 11.1. The molecule has 0 unspecified atom stereocenters. The molecule has 1 N–H and O–H groups in total. The molecule has 0 rings (SSSR count). The summed E-state index contributed by atoms with van der Waals surface area (Å²) in [6, 6.07) is 0. The van der Waals surface area contributed by atoms with Crippen LogP contribution in [0.3, 0.4) is 0 Å². The second-order valence-electron chi connectivity index (χ2n) is 4.57. The normalized spacial score (nSPS) is 12.4. The topological polar surface area (TPSA) is 46.5 Å². The van der Waals surface area contributed by atoms with E-state index in [1.807, 2.05) is 0 Å². The molecule has 0 aliphatic rings. The maximum atomic E-state index is 11.1. The third-order valence-electron chi connectivity index (χ3n) is 2.85. The van der Waals surface area contributed by atoms with Crippen molar-refractivity contribution in [2.45, 2.75) is 77.7 Å². The fraction of sp³-hybridized carbons (Fsp3) is 0.929. The van der Waals surface area contributed by atoms with E-state index in [9.17, 15) is 9.90 Å². The zero-order valence-corrected chi connectivity index (χ0v) is 11.4. The lowest BCUT2D eigenvalue weighted by Gasteiger charge is -2.09. The minimum atomic E-state index is -0.523. The first-order chi connectivity index (χ1) is 8.20. The van der Waals surface area contributed by atoms with Crippen molar-refractivity contribution < 1.29 is 14.6 Å². The Kier molecular flexibility index (Phi) is 11.5. The predicted octanol–water partition coefficient (Wildman–Crippen LogP) is 3.44. The molecule has 0 heterocycles. The van der Waals surface area contributed by atoms with E-state index in [1.165, 1.54) is 32.1 Å². The van der Waals surface area contributed by atoms with Gasteiger partial charge in [-0.3, -0.25) is 4.79 Å². The van der Waals surface area contributed by atoms with Gasteiger partial charge in [0.25, 0.3) is 0 Å². The summed E-state index contributed by atoms with van der Waals surface area (Å²) in [5, 5.41) is 9.59. The Morgan fingerprint density at radius 2 is 1.65 bits per heavy atom. The number of hydrogen-bond acceptors (Lipinski definition) is 3. The van der Waals surface area contributed by atoms with Gasteiger partial charge in [0.2, 0.25) is 0 Å². The number of esters is 1. The van der Waals surface area contributed by atoms with Crippen LogP contribution in [0.5, 0.6) is 0 Å². The van der Waals surface area contributed by atoms with Crippen molar-refractivity contribution in [3.63, 3.8) is 0 Å². The van der Waals surface area contributed by atoms with Crippen LogP contribution in [-0.4, -0.2) is 23.8 Å². The van der Waals surface area contributed by atoms with Crippen LogP contribution >= 0.6 is 0 Å². The average Bonchev–Trinajstić information content (AvgIpc) is 2.28. The monoisotopic (exact) mass is 244 g/mol. The molecular weight excluding hydrogens is 216 g/mol. The number of carbonyl (C=O) groups excluding carboxylic acids is 1. The number of aliphatic hydroxyl groups excluding tert-OH is 1. The van der Waals surface area contributed by atoms with Crippen molar-refractivity contribution in [1.29, 1.82) is 0 Å². The Morgan fingerprint density at radius 3 is 2.24 bits per heavy atom. The lowest BCUT2D eigenvalue weighted by molar-refractivity contribution is -0.145. The molecule has 1 atom stereocenters. The minimum Gasteiger partial charge on any atom is -0.466 e. The minimum absolute atomic E-state index is 0.143. The largest absolute Gasteiger partial charge is 0.466 e. The number of rotatable bonds is 11. The van der Waals surface area contributed by atoms with Crippen LogP contribution in [0, 0.1) is 0 Å². The van der Waals surface area contributed by atoms with Crippen LogP contribution in [-0.2, 0) is 9.53 Å². The molecule has 0 fully saturated rings. The molecule has 0 bridgehead atoms.